The minimum atomic E-state index is 0.242. The number of nitrogens with zero attached hydrogens (tertiary/aromatic N) is 2. The van der Waals surface area contributed by atoms with Crippen molar-refractivity contribution in [1.29, 1.82) is 0 Å². The van der Waals surface area contributed by atoms with Gasteiger partial charge in [0.25, 0.3) is 0 Å². The normalized spacial score (nSPS) is 23.9. The van der Waals surface area contributed by atoms with Crippen LogP contribution in [0.4, 0.5) is 0 Å². The molecule has 2 aromatic rings. The molecule has 0 aliphatic carbocycles. The molecule has 3 nitrogen and oxygen atoms in total. The van der Waals surface area contributed by atoms with E-state index in [1.54, 1.807) is 0 Å². The van der Waals surface area contributed by atoms with Gasteiger partial charge in [0.05, 0.1) is 6.04 Å². The van der Waals surface area contributed by atoms with E-state index >= 15 is 0 Å². The maximum Gasteiger partial charge on any atom is 0.0518 e. The number of nitrogens with two attached hydrogens (primary N) is 1. The molecule has 1 aliphatic heterocycles. The van der Waals surface area contributed by atoms with Crippen LogP contribution >= 0.6 is 0 Å². The first-order valence-corrected chi connectivity index (χ1v) is 6.89. The summed E-state index contributed by atoms with van der Waals surface area (Å²) in [6.07, 6.45) is 5.36. The van der Waals surface area contributed by atoms with Gasteiger partial charge in [-0.05, 0) is 23.6 Å². The first-order valence-electron chi connectivity index (χ1n) is 6.89. The highest BCUT2D eigenvalue weighted by molar-refractivity contribution is 5.21. The molecule has 0 saturated carbocycles. The van der Waals surface area contributed by atoms with E-state index in [9.17, 15) is 0 Å². The predicted molar refractivity (Wildman–Crippen MR) is 77.6 cm³/mol. The molecule has 0 spiro atoms. The Morgan fingerprint density at radius 1 is 1.21 bits per heavy atom. The molecule has 3 heteroatoms. The summed E-state index contributed by atoms with van der Waals surface area (Å²) in [4.78, 5) is 2.50. The predicted octanol–water partition coefficient (Wildman–Crippen LogP) is 2.30. The molecule has 1 fully saturated rings. The molecule has 2 N–H and O–H groups in total. The summed E-state index contributed by atoms with van der Waals surface area (Å²) in [5.41, 5.74) is 9.01. The highest BCUT2D eigenvalue weighted by atomic mass is 15.2. The van der Waals surface area contributed by atoms with Crippen LogP contribution in [0.1, 0.15) is 23.6 Å². The Morgan fingerprint density at radius 2 is 2.00 bits per heavy atom. The van der Waals surface area contributed by atoms with Crippen molar-refractivity contribution < 1.29 is 0 Å². The fourth-order valence-corrected chi connectivity index (χ4v) is 3.04. The Labute approximate surface area is 114 Å². The number of aryl methyl sites for hydroxylation is 1. The molecule has 0 bridgehead atoms. The van der Waals surface area contributed by atoms with E-state index in [0.717, 1.165) is 19.5 Å². The van der Waals surface area contributed by atoms with Crippen LogP contribution in [-0.4, -0.2) is 22.1 Å². The van der Waals surface area contributed by atoms with Gasteiger partial charge in [-0.15, -0.1) is 0 Å². The first kappa shape index (κ1) is 12.5. The third kappa shape index (κ3) is 2.57. The van der Waals surface area contributed by atoms with E-state index in [1.807, 2.05) is 0 Å². The second-order valence-corrected chi connectivity index (χ2v) is 5.46. The molecule has 100 valence electrons. The summed E-state index contributed by atoms with van der Waals surface area (Å²) < 4.78 is 2.10. The molecule has 19 heavy (non-hydrogen) atoms. The molecule has 0 amide bonds. The molecule has 2 atom stereocenters. The van der Waals surface area contributed by atoms with Gasteiger partial charge in [0, 0.05) is 38.6 Å². The van der Waals surface area contributed by atoms with E-state index in [1.165, 1.54) is 11.1 Å². The lowest BCUT2D eigenvalue weighted by atomic mass is 10.0. The fraction of sp³-hybridized carbons (Fsp3) is 0.375. The van der Waals surface area contributed by atoms with Crippen molar-refractivity contribution in [3.05, 3.63) is 59.9 Å². The van der Waals surface area contributed by atoms with Gasteiger partial charge in [-0.1, -0.05) is 30.3 Å². The van der Waals surface area contributed by atoms with Gasteiger partial charge in [-0.3, -0.25) is 4.90 Å². The smallest absolute Gasteiger partial charge is 0.0518 e. The first-order chi connectivity index (χ1) is 9.24. The van der Waals surface area contributed by atoms with Gasteiger partial charge in [0.2, 0.25) is 0 Å². The summed E-state index contributed by atoms with van der Waals surface area (Å²) in [5, 5.41) is 0. The molecule has 1 aromatic carbocycles. The zero-order valence-corrected chi connectivity index (χ0v) is 11.4. The van der Waals surface area contributed by atoms with Crippen LogP contribution < -0.4 is 5.73 Å². The van der Waals surface area contributed by atoms with Crippen molar-refractivity contribution >= 4 is 0 Å². The van der Waals surface area contributed by atoms with Crippen LogP contribution in [-0.2, 0) is 13.6 Å². The molecule has 2 unspecified atom stereocenters. The molecule has 1 aromatic heterocycles. The van der Waals surface area contributed by atoms with Crippen molar-refractivity contribution in [3.63, 3.8) is 0 Å². The Bertz CT molecular complexity index is 532. The zero-order chi connectivity index (χ0) is 13.2. The Morgan fingerprint density at radius 3 is 2.68 bits per heavy atom. The molecular formula is C16H21N3. The third-order valence-corrected chi connectivity index (χ3v) is 3.97. The number of hydrogen-bond donors (Lipinski definition) is 1. The zero-order valence-electron chi connectivity index (χ0n) is 11.4. The van der Waals surface area contributed by atoms with Crippen LogP contribution in [0.3, 0.4) is 0 Å². The van der Waals surface area contributed by atoms with Gasteiger partial charge in [-0.2, -0.15) is 0 Å². The van der Waals surface area contributed by atoms with Gasteiger partial charge < -0.3 is 10.3 Å². The van der Waals surface area contributed by atoms with Crippen LogP contribution in [0.5, 0.6) is 0 Å². The summed E-state index contributed by atoms with van der Waals surface area (Å²) in [5.74, 6) is 0. The monoisotopic (exact) mass is 255 g/mol. The lowest BCUT2D eigenvalue weighted by Gasteiger charge is -2.26. The van der Waals surface area contributed by atoms with Crippen LogP contribution in [0, 0.1) is 0 Å². The van der Waals surface area contributed by atoms with Gasteiger partial charge in [-0.25, -0.2) is 0 Å². The molecule has 1 aliphatic rings. The average molecular weight is 255 g/mol. The number of likely N-dealkylation sites (tertiary alicyclic amines) is 1. The lowest BCUT2D eigenvalue weighted by molar-refractivity contribution is 0.239. The van der Waals surface area contributed by atoms with Crippen LogP contribution in [0.25, 0.3) is 0 Å². The topological polar surface area (TPSA) is 34.2 Å². The quantitative estimate of drug-likeness (QED) is 0.913. The van der Waals surface area contributed by atoms with Gasteiger partial charge in [0.1, 0.15) is 0 Å². The van der Waals surface area contributed by atoms with E-state index in [-0.39, 0.29) is 6.04 Å². The number of benzene rings is 1. The highest BCUT2D eigenvalue weighted by Crippen LogP contribution is 2.32. The van der Waals surface area contributed by atoms with Crippen molar-refractivity contribution in [1.82, 2.24) is 9.47 Å². The van der Waals surface area contributed by atoms with Crippen molar-refractivity contribution in [3.8, 4) is 0 Å². The second kappa shape index (κ2) is 5.19. The van der Waals surface area contributed by atoms with E-state index < -0.39 is 0 Å². The lowest BCUT2D eigenvalue weighted by Crippen LogP contribution is -2.31. The summed E-state index contributed by atoms with van der Waals surface area (Å²) in [6.45, 7) is 2.06. The van der Waals surface area contributed by atoms with Crippen molar-refractivity contribution in [2.45, 2.75) is 25.0 Å². The van der Waals surface area contributed by atoms with E-state index in [0.29, 0.717) is 6.04 Å². The van der Waals surface area contributed by atoms with Crippen LogP contribution in [0.2, 0.25) is 0 Å². The number of hydrogen-bond acceptors (Lipinski definition) is 2. The largest absolute Gasteiger partial charge is 0.357 e. The molecular weight excluding hydrogens is 234 g/mol. The van der Waals surface area contributed by atoms with E-state index in [4.69, 9.17) is 5.73 Å². The molecule has 3 rings (SSSR count). The second-order valence-electron chi connectivity index (χ2n) is 5.46. The summed E-state index contributed by atoms with van der Waals surface area (Å²) >= 11 is 0. The Kier molecular flexibility index (Phi) is 3.40. The number of rotatable bonds is 3. The van der Waals surface area contributed by atoms with Gasteiger partial charge in [0.15, 0.2) is 0 Å². The third-order valence-electron chi connectivity index (χ3n) is 3.97. The summed E-state index contributed by atoms with van der Waals surface area (Å²) in [7, 11) is 2.06. The van der Waals surface area contributed by atoms with Crippen LogP contribution in [0.15, 0.2) is 48.8 Å². The molecule has 1 saturated heterocycles. The maximum absolute atomic E-state index is 6.31. The fourth-order valence-electron chi connectivity index (χ4n) is 3.04. The minimum absolute atomic E-state index is 0.242. The molecule has 2 heterocycles. The van der Waals surface area contributed by atoms with Gasteiger partial charge >= 0.3 is 0 Å². The molecule has 0 radical (unpaired) electrons. The average Bonchev–Trinajstić information content (AvgIpc) is 2.97. The standard InChI is InChI=1S/C16H21N3/c1-18-9-7-14(12-18)16-15(17)8-10-19(16)11-13-5-3-2-4-6-13/h2-7,9,12,15-16H,8,10-11,17H2,1H3. The summed E-state index contributed by atoms with van der Waals surface area (Å²) in [6, 6.07) is 13.4. The maximum atomic E-state index is 6.31. The number of aromatic nitrogens is 1. The minimum Gasteiger partial charge on any atom is -0.357 e. The van der Waals surface area contributed by atoms with E-state index in [2.05, 4.69) is 65.3 Å². The highest BCUT2D eigenvalue weighted by Gasteiger charge is 2.33. The van der Waals surface area contributed by atoms with Crippen molar-refractivity contribution in [2.75, 3.05) is 6.54 Å². The Balaban J connectivity index is 1.81. The SMILES string of the molecule is Cn1ccc(C2C(N)CCN2Cc2ccccc2)c1. The van der Waals surface area contributed by atoms with Crippen molar-refractivity contribution in [2.24, 2.45) is 12.8 Å². The Hall–Kier alpha value is -1.58.